The topological polar surface area (TPSA) is 61.8 Å². The molecule has 7 heteroatoms. The van der Waals surface area contributed by atoms with Gasteiger partial charge in [0.2, 0.25) is 0 Å². The van der Waals surface area contributed by atoms with Gasteiger partial charge in [-0.1, -0.05) is 29.8 Å². The summed E-state index contributed by atoms with van der Waals surface area (Å²) in [5.74, 6) is -0.214. The molecule has 0 spiro atoms. The molecule has 0 N–H and O–H groups in total. The Kier molecular flexibility index (Phi) is 6.47. The first kappa shape index (κ1) is 17.0. The minimum atomic E-state index is -3.08. The van der Waals surface area contributed by atoms with Gasteiger partial charge >= 0.3 is 13.6 Å². The lowest BCUT2D eigenvalue weighted by Crippen LogP contribution is -2.09. The van der Waals surface area contributed by atoms with Crippen molar-refractivity contribution in [1.29, 1.82) is 0 Å². The van der Waals surface area contributed by atoms with Gasteiger partial charge in [-0.15, -0.1) is 0 Å². The van der Waals surface area contributed by atoms with Crippen LogP contribution in [-0.2, 0) is 29.3 Å². The molecule has 0 aliphatic heterocycles. The molecule has 0 heterocycles. The zero-order valence-electron chi connectivity index (χ0n) is 12.3. The predicted molar refractivity (Wildman–Crippen MR) is 79.7 cm³/mol. The Morgan fingerprint density at radius 2 is 1.95 bits per heavy atom. The van der Waals surface area contributed by atoms with Crippen molar-refractivity contribution >= 4 is 21.4 Å². The van der Waals surface area contributed by atoms with E-state index in [-0.39, 0.29) is 17.9 Å². The average Bonchev–Trinajstić information content (AvgIpc) is 2.47. The van der Waals surface area contributed by atoms with Crippen molar-refractivity contribution in [3.63, 3.8) is 0 Å². The number of carbonyl (C=O) groups is 1. The molecular formula is C13H20BO5P. The fourth-order valence-electron chi connectivity index (χ4n) is 1.88. The largest absolute Gasteiger partial charge is 0.469 e. The van der Waals surface area contributed by atoms with Crippen LogP contribution in [0.25, 0.3) is 0 Å². The first-order chi connectivity index (χ1) is 9.44. The number of hydrogen-bond acceptors (Lipinski definition) is 5. The van der Waals surface area contributed by atoms with Gasteiger partial charge in [0.15, 0.2) is 0 Å². The minimum absolute atomic E-state index is 0.0341. The van der Waals surface area contributed by atoms with Crippen LogP contribution in [0, 0.1) is 0 Å². The number of hydrogen-bond donors (Lipinski definition) is 0. The highest BCUT2D eigenvalue weighted by molar-refractivity contribution is 7.52. The molecular weight excluding hydrogens is 278 g/mol. The Labute approximate surface area is 120 Å². The monoisotopic (exact) mass is 298 g/mol. The lowest BCUT2D eigenvalue weighted by atomic mass is 9.78. The van der Waals surface area contributed by atoms with Gasteiger partial charge in [0.1, 0.15) is 7.85 Å². The van der Waals surface area contributed by atoms with E-state index in [9.17, 15) is 9.36 Å². The van der Waals surface area contributed by atoms with Crippen LogP contribution in [0.15, 0.2) is 24.3 Å². The quantitative estimate of drug-likeness (QED) is 0.437. The molecule has 1 aromatic rings. The third-order valence-corrected chi connectivity index (χ3v) is 5.02. The van der Waals surface area contributed by atoms with Gasteiger partial charge in [-0.05, 0) is 11.4 Å². The van der Waals surface area contributed by atoms with Gasteiger partial charge in [0.05, 0.1) is 13.3 Å². The molecule has 1 aromatic carbocycles. The number of ether oxygens (including phenoxy) is 1. The summed E-state index contributed by atoms with van der Waals surface area (Å²) in [5, 5.41) is 0. The summed E-state index contributed by atoms with van der Waals surface area (Å²) >= 11 is 0. The normalized spacial score (nSPS) is 12.9. The maximum absolute atomic E-state index is 12.1. The molecule has 0 radical (unpaired) electrons. The van der Waals surface area contributed by atoms with E-state index < -0.39 is 7.60 Å². The molecule has 1 rings (SSSR count). The average molecular weight is 298 g/mol. The van der Waals surface area contributed by atoms with Gasteiger partial charge in [-0.25, -0.2) is 0 Å². The summed E-state index contributed by atoms with van der Waals surface area (Å²) in [4.78, 5) is 11.3. The number of rotatable bonds is 7. The van der Waals surface area contributed by atoms with Gasteiger partial charge in [0, 0.05) is 20.6 Å². The minimum Gasteiger partial charge on any atom is -0.469 e. The highest BCUT2D eigenvalue weighted by Crippen LogP contribution is 2.49. The molecule has 5 nitrogen and oxygen atoms in total. The first-order valence-corrected chi connectivity index (χ1v) is 8.03. The Morgan fingerprint density at radius 1 is 1.30 bits per heavy atom. The third kappa shape index (κ3) is 4.78. The fourth-order valence-corrected chi connectivity index (χ4v) is 2.93. The van der Waals surface area contributed by atoms with Crippen molar-refractivity contribution in [3.05, 3.63) is 35.4 Å². The molecule has 1 atom stereocenters. The van der Waals surface area contributed by atoms with Gasteiger partial charge in [-0.2, -0.15) is 0 Å². The van der Waals surface area contributed by atoms with Crippen LogP contribution >= 0.6 is 7.60 Å². The second-order valence-corrected chi connectivity index (χ2v) is 6.83. The van der Waals surface area contributed by atoms with Crippen LogP contribution in [0.5, 0.6) is 0 Å². The lowest BCUT2D eigenvalue weighted by molar-refractivity contribution is -0.140. The van der Waals surface area contributed by atoms with E-state index in [1.54, 1.807) is 0 Å². The second-order valence-electron chi connectivity index (χ2n) is 4.56. The summed E-state index contributed by atoms with van der Waals surface area (Å²) < 4.78 is 26.6. The van der Waals surface area contributed by atoms with Crippen LogP contribution in [-0.4, -0.2) is 35.1 Å². The maximum Gasteiger partial charge on any atom is 0.334 e. The number of methoxy groups -OCH3 is 1. The standard InChI is InChI=1S/C13H20BO5P/c1-17-13(15)8-12(14)11-6-4-5-10(7-11)9-20(16,18-2)19-3/h4-7,12H,8-9,14H2,1-3H3/t12-/m1/s1. The van der Waals surface area contributed by atoms with Crippen molar-refractivity contribution in [3.8, 4) is 0 Å². The van der Waals surface area contributed by atoms with Gasteiger partial charge in [0.25, 0.3) is 0 Å². The maximum atomic E-state index is 12.1. The van der Waals surface area contributed by atoms with Crippen LogP contribution in [0.1, 0.15) is 23.4 Å². The SMILES string of the molecule is B[C@H](CC(=O)OC)c1cccc(CP(=O)(OC)OC)c1. The molecule has 0 fully saturated rings. The summed E-state index contributed by atoms with van der Waals surface area (Å²) in [6, 6.07) is 7.58. The zero-order chi connectivity index (χ0) is 15.2. The fraction of sp³-hybridized carbons (Fsp3) is 0.462. The van der Waals surface area contributed by atoms with Crippen molar-refractivity contribution < 1.29 is 23.1 Å². The van der Waals surface area contributed by atoms with E-state index in [0.717, 1.165) is 11.1 Å². The van der Waals surface area contributed by atoms with E-state index in [4.69, 9.17) is 9.05 Å². The Balaban J connectivity index is 2.85. The molecule has 0 aliphatic carbocycles. The lowest BCUT2D eigenvalue weighted by Gasteiger charge is -2.15. The molecule has 0 amide bonds. The Morgan fingerprint density at radius 3 is 2.50 bits per heavy atom. The van der Waals surface area contributed by atoms with Crippen LogP contribution in [0.3, 0.4) is 0 Å². The van der Waals surface area contributed by atoms with E-state index >= 15 is 0 Å². The van der Waals surface area contributed by atoms with E-state index in [1.165, 1.54) is 21.3 Å². The smallest absolute Gasteiger partial charge is 0.334 e. The van der Waals surface area contributed by atoms with Crippen molar-refractivity contribution in [2.75, 3.05) is 21.3 Å². The molecule has 20 heavy (non-hydrogen) atoms. The molecule has 0 aliphatic rings. The van der Waals surface area contributed by atoms with E-state index in [0.29, 0.717) is 6.42 Å². The van der Waals surface area contributed by atoms with E-state index in [1.807, 2.05) is 32.1 Å². The summed E-state index contributed by atoms with van der Waals surface area (Å²) in [6.07, 6.45) is 0.519. The van der Waals surface area contributed by atoms with Crippen molar-refractivity contribution in [2.24, 2.45) is 0 Å². The highest BCUT2D eigenvalue weighted by Gasteiger charge is 2.22. The van der Waals surface area contributed by atoms with Crippen molar-refractivity contribution in [2.45, 2.75) is 18.4 Å². The Hall–Kier alpha value is -1.10. The summed E-state index contributed by atoms with van der Waals surface area (Å²) in [6.45, 7) is 0. The highest BCUT2D eigenvalue weighted by atomic mass is 31.2. The van der Waals surface area contributed by atoms with Crippen LogP contribution in [0.2, 0.25) is 0 Å². The molecule has 0 aromatic heterocycles. The predicted octanol–water partition coefficient (Wildman–Crippen LogP) is 1.91. The molecule has 110 valence electrons. The van der Waals surface area contributed by atoms with Crippen molar-refractivity contribution in [1.82, 2.24) is 0 Å². The van der Waals surface area contributed by atoms with Gasteiger partial charge in [-0.3, -0.25) is 9.36 Å². The number of carbonyl (C=O) groups excluding carboxylic acids is 1. The summed E-state index contributed by atoms with van der Waals surface area (Å²) in [7, 11) is 2.98. The summed E-state index contributed by atoms with van der Waals surface area (Å²) in [5.41, 5.74) is 1.85. The second kappa shape index (κ2) is 7.62. The Bertz CT molecular complexity index is 497. The van der Waals surface area contributed by atoms with Gasteiger partial charge < -0.3 is 13.8 Å². The van der Waals surface area contributed by atoms with Crippen LogP contribution in [0.4, 0.5) is 0 Å². The third-order valence-electron chi connectivity index (χ3n) is 3.15. The van der Waals surface area contributed by atoms with Crippen LogP contribution < -0.4 is 0 Å². The molecule has 0 bridgehead atoms. The van der Waals surface area contributed by atoms with E-state index in [2.05, 4.69) is 4.74 Å². The molecule has 0 saturated heterocycles. The number of benzene rings is 1. The molecule has 0 saturated carbocycles. The number of esters is 1. The first-order valence-electron chi connectivity index (χ1n) is 6.30. The zero-order valence-corrected chi connectivity index (χ0v) is 13.2. The molecule has 0 unspecified atom stereocenters.